The molecule has 0 radical (unpaired) electrons. The van der Waals surface area contributed by atoms with E-state index in [2.05, 4.69) is 20.5 Å². The van der Waals surface area contributed by atoms with Gasteiger partial charge in [-0.1, -0.05) is 11.6 Å². The van der Waals surface area contributed by atoms with Gasteiger partial charge in [-0.3, -0.25) is 9.59 Å². The quantitative estimate of drug-likeness (QED) is 0.423. The van der Waals surface area contributed by atoms with Crippen molar-refractivity contribution in [3.63, 3.8) is 0 Å². The number of carbonyl (C=O) groups is 2. The molecule has 2 aromatic rings. The fourth-order valence-corrected chi connectivity index (χ4v) is 5.60. The van der Waals surface area contributed by atoms with Crippen molar-refractivity contribution < 1.29 is 31.9 Å². The lowest BCUT2D eigenvalue weighted by atomic mass is 9.96. The molecule has 2 saturated heterocycles. The van der Waals surface area contributed by atoms with E-state index in [-0.39, 0.29) is 46.4 Å². The normalized spacial score (nSPS) is 25.4. The zero-order valence-corrected chi connectivity index (χ0v) is 22.2. The van der Waals surface area contributed by atoms with Crippen molar-refractivity contribution >= 4 is 29.2 Å². The molecule has 1 aromatic carbocycles. The predicted octanol–water partition coefficient (Wildman–Crippen LogP) is 5.28. The van der Waals surface area contributed by atoms with E-state index >= 15 is 0 Å². The first kappa shape index (κ1) is 27.5. The molecule has 0 spiro atoms. The minimum atomic E-state index is -2.84. The molecule has 3 aliphatic rings. The largest absolute Gasteiger partial charge is 0.478 e. The molecule has 210 valence electrons. The van der Waals surface area contributed by atoms with Crippen LogP contribution in [0.1, 0.15) is 68.3 Å². The molecule has 3 fully saturated rings. The van der Waals surface area contributed by atoms with Crippen LogP contribution in [-0.4, -0.2) is 52.5 Å². The predicted molar refractivity (Wildman–Crippen MR) is 137 cm³/mol. The van der Waals surface area contributed by atoms with Gasteiger partial charge in [0.25, 0.3) is 24.2 Å². The van der Waals surface area contributed by atoms with Crippen LogP contribution in [0.5, 0.6) is 5.75 Å². The molecule has 2 N–H and O–H groups in total. The number of ether oxygens (including phenoxy) is 1. The molecule has 2 amide bonds. The average molecular weight is 569 g/mol. The number of hydrogen-bond acceptors (Lipinski definition) is 5. The van der Waals surface area contributed by atoms with E-state index in [0.717, 1.165) is 18.9 Å². The van der Waals surface area contributed by atoms with Crippen LogP contribution in [-0.2, 0) is 4.79 Å². The van der Waals surface area contributed by atoms with Crippen LogP contribution < -0.4 is 20.3 Å². The molecule has 1 saturated carbocycles. The van der Waals surface area contributed by atoms with Gasteiger partial charge in [0.1, 0.15) is 11.6 Å². The summed E-state index contributed by atoms with van der Waals surface area (Å²) in [5.41, 5.74) is -1.57. The van der Waals surface area contributed by atoms with E-state index < -0.39 is 35.8 Å². The van der Waals surface area contributed by atoms with Gasteiger partial charge in [-0.2, -0.15) is 0 Å². The molecule has 7 nitrogen and oxygen atoms in total. The van der Waals surface area contributed by atoms with Crippen molar-refractivity contribution in [1.82, 2.24) is 15.6 Å². The lowest BCUT2D eigenvalue weighted by molar-refractivity contribution is -0.135. The summed E-state index contributed by atoms with van der Waals surface area (Å²) in [4.78, 5) is 32.0. The van der Waals surface area contributed by atoms with Crippen LogP contribution in [0, 0.1) is 0 Å². The van der Waals surface area contributed by atoms with Gasteiger partial charge in [0, 0.05) is 35.8 Å². The Hall–Kier alpha value is -3.08. The fraction of sp³-hybridized carbons (Fsp3) is 0.519. The van der Waals surface area contributed by atoms with Gasteiger partial charge in [-0.15, -0.1) is 0 Å². The van der Waals surface area contributed by atoms with Crippen molar-refractivity contribution in [2.75, 3.05) is 4.90 Å². The number of nitrogens with one attached hydrogen (secondary N) is 2. The molecule has 39 heavy (non-hydrogen) atoms. The number of alkyl halides is 4. The maximum absolute atomic E-state index is 13.5. The van der Waals surface area contributed by atoms with Gasteiger partial charge in [-0.05, 0) is 69.9 Å². The minimum absolute atomic E-state index is 0.0986. The fourth-order valence-electron chi connectivity index (χ4n) is 5.42. The van der Waals surface area contributed by atoms with Crippen molar-refractivity contribution in [3.8, 4) is 5.75 Å². The molecule has 2 aliphatic heterocycles. The minimum Gasteiger partial charge on any atom is -0.478 e. The lowest BCUT2D eigenvalue weighted by Crippen LogP contribution is -2.55. The summed E-state index contributed by atoms with van der Waals surface area (Å²) in [7, 11) is 0. The lowest BCUT2D eigenvalue weighted by Gasteiger charge is -2.41. The van der Waals surface area contributed by atoms with Gasteiger partial charge in [0.05, 0.1) is 17.2 Å². The molecule has 3 unspecified atom stereocenters. The molecule has 2 bridgehead atoms. The van der Waals surface area contributed by atoms with Crippen molar-refractivity contribution in [3.05, 3.63) is 52.7 Å². The number of nitrogens with zero attached hydrogens (tertiary/aromatic N) is 2. The summed E-state index contributed by atoms with van der Waals surface area (Å²) in [5.74, 6) is -3.24. The molecule has 3 atom stereocenters. The molecule has 12 heteroatoms. The third kappa shape index (κ3) is 5.78. The van der Waals surface area contributed by atoms with Gasteiger partial charge in [0.2, 0.25) is 0 Å². The number of carbonyl (C=O) groups excluding carboxylic acids is 2. The number of halogens is 5. The second-order valence-electron chi connectivity index (χ2n) is 10.9. The van der Waals surface area contributed by atoms with Gasteiger partial charge in [-0.25, -0.2) is 22.5 Å². The van der Waals surface area contributed by atoms with E-state index in [0.29, 0.717) is 18.7 Å². The van der Waals surface area contributed by atoms with Gasteiger partial charge >= 0.3 is 0 Å². The van der Waals surface area contributed by atoms with Crippen molar-refractivity contribution in [2.24, 2.45) is 0 Å². The highest BCUT2D eigenvalue weighted by molar-refractivity contribution is 6.30. The maximum Gasteiger partial charge on any atom is 0.270 e. The summed E-state index contributed by atoms with van der Waals surface area (Å²) in [6.07, 6.45) is 1.35. The van der Waals surface area contributed by atoms with Crippen LogP contribution in [0.2, 0.25) is 5.02 Å². The third-order valence-electron chi connectivity index (χ3n) is 7.59. The van der Waals surface area contributed by atoms with Crippen LogP contribution in [0.25, 0.3) is 0 Å². The Morgan fingerprint density at radius 2 is 1.79 bits per heavy atom. The topological polar surface area (TPSA) is 83.6 Å². The van der Waals surface area contributed by atoms with E-state index in [1.165, 1.54) is 32.2 Å². The monoisotopic (exact) mass is 568 g/mol. The zero-order chi connectivity index (χ0) is 28.1. The average Bonchev–Trinajstić information content (AvgIpc) is 3.38. The van der Waals surface area contributed by atoms with Crippen molar-refractivity contribution in [1.29, 1.82) is 0 Å². The smallest absolute Gasteiger partial charge is 0.270 e. The molecule has 1 aromatic heterocycles. The van der Waals surface area contributed by atoms with Gasteiger partial charge < -0.3 is 20.3 Å². The van der Waals surface area contributed by atoms with Crippen LogP contribution in [0.4, 0.5) is 23.4 Å². The summed E-state index contributed by atoms with van der Waals surface area (Å²) in [6.45, 7) is 3.06. The van der Waals surface area contributed by atoms with E-state index in [4.69, 9.17) is 16.3 Å². The highest BCUT2D eigenvalue weighted by Gasteiger charge is 2.58. The first-order chi connectivity index (χ1) is 18.3. The standard InChI is InChI=1S/C27H29ClF4N4O3/c1-26(2,39-20-7-4-15(28)9-19(20)23(29)30)25(38)34-16-10-17-5-6-18(11-16)36(17)22-8-3-14(13-33-22)24(37)35-21-12-27(21,31)32/h3-4,7-9,13,16-18,21,23H,5-6,10-12H2,1-2H3,(H,34,38)(H,35,37). The SMILES string of the molecule is CC(C)(Oc1ccc(Cl)cc1C(F)F)C(=O)NC1CC2CCC(C1)N2c1ccc(C(=O)NC2CC2(F)F)cn1. The number of fused-ring (bicyclic) bond motifs is 2. The highest BCUT2D eigenvalue weighted by atomic mass is 35.5. The molecular formula is C27H29ClF4N4O3. The highest BCUT2D eigenvalue weighted by Crippen LogP contribution is 2.42. The molecule has 5 rings (SSSR count). The van der Waals surface area contributed by atoms with E-state index in [9.17, 15) is 27.2 Å². The number of pyridine rings is 1. The summed E-state index contributed by atoms with van der Waals surface area (Å²) in [6, 6.07) is 6.14. The summed E-state index contributed by atoms with van der Waals surface area (Å²) in [5, 5.41) is 5.49. The third-order valence-corrected chi connectivity index (χ3v) is 7.83. The zero-order valence-electron chi connectivity index (χ0n) is 21.4. The summed E-state index contributed by atoms with van der Waals surface area (Å²) < 4.78 is 58.9. The van der Waals surface area contributed by atoms with Crippen LogP contribution >= 0.6 is 11.6 Å². The number of anilines is 1. The number of hydrogen-bond donors (Lipinski definition) is 2. The number of aromatic nitrogens is 1. The molecule has 3 heterocycles. The number of amides is 2. The first-order valence-electron chi connectivity index (χ1n) is 12.8. The number of rotatable bonds is 8. The van der Waals surface area contributed by atoms with Gasteiger partial charge in [0.15, 0.2) is 5.60 Å². The molecule has 1 aliphatic carbocycles. The van der Waals surface area contributed by atoms with Crippen LogP contribution in [0.3, 0.4) is 0 Å². The number of piperidine rings is 1. The second-order valence-corrected chi connectivity index (χ2v) is 11.4. The Morgan fingerprint density at radius 3 is 2.36 bits per heavy atom. The first-order valence-corrected chi connectivity index (χ1v) is 13.2. The van der Waals surface area contributed by atoms with Crippen molar-refractivity contribution in [2.45, 2.75) is 88.1 Å². The Kier molecular flexibility index (Phi) is 7.15. The van der Waals surface area contributed by atoms with Crippen LogP contribution in [0.15, 0.2) is 36.5 Å². The maximum atomic E-state index is 13.5. The van der Waals surface area contributed by atoms with E-state index in [1.54, 1.807) is 12.1 Å². The summed E-state index contributed by atoms with van der Waals surface area (Å²) >= 11 is 5.84. The number of benzene rings is 1. The second kappa shape index (κ2) is 10.1. The Morgan fingerprint density at radius 1 is 1.13 bits per heavy atom. The molecular weight excluding hydrogens is 540 g/mol. The Labute approximate surface area is 228 Å². The Bertz CT molecular complexity index is 1250. The Balaban J connectivity index is 1.19. The van der Waals surface area contributed by atoms with E-state index in [1.807, 2.05) is 0 Å².